The fourth-order valence-electron chi connectivity index (χ4n) is 1.20. The van der Waals surface area contributed by atoms with Crippen molar-refractivity contribution in [2.24, 2.45) is 0 Å². The van der Waals surface area contributed by atoms with Crippen LogP contribution in [0.5, 0.6) is 0 Å². The quantitative estimate of drug-likeness (QED) is 0.660. The maximum absolute atomic E-state index is 11.1. The molecule has 2 rings (SSSR count). The molecule has 1 aromatic rings. The third-order valence-electron chi connectivity index (χ3n) is 1.86. The van der Waals surface area contributed by atoms with E-state index in [1.54, 1.807) is 0 Å². The molecule has 1 fully saturated rings. The van der Waals surface area contributed by atoms with Crippen LogP contribution in [-0.2, 0) is 9.57 Å². The molecule has 1 saturated heterocycles. The van der Waals surface area contributed by atoms with E-state index in [1.807, 2.05) is 31.2 Å². The summed E-state index contributed by atoms with van der Waals surface area (Å²) in [4.78, 5) is 16.1. The lowest BCUT2D eigenvalue weighted by atomic mass is 10.2. The molecule has 0 unspecified atom stereocenters. The van der Waals surface area contributed by atoms with Crippen LogP contribution >= 0.6 is 0 Å². The third kappa shape index (κ3) is 1.36. The minimum Gasteiger partial charge on any atom is -0.418 e. The largest absolute Gasteiger partial charge is 0.441 e. The highest BCUT2D eigenvalue weighted by molar-refractivity contribution is 5.87. The summed E-state index contributed by atoms with van der Waals surface area (Å²) in [7, 11) is 0. The number of carbonyl (C=O) groups excluding carboxylic acids is 1. The predicted octanol–water partition coefficient (Wildman–Crippen LogP) is 1.84. The van der Waals surface area contributed by atoms with E-state index in [1.165, 1.54) is 0 Å². The van der Waals surface area contributed by atoms with Crippen LogP contribution in [0.3, 0.4) is 0 Å². The number of aryl methyl sites for hydroxylation is 1. The lowest BCUT2D eigenvalue weighted by molar-refractivity contribution is 0.0704. The number of benzene rings is 1. The average Bonchev–Trinajstić information content (AvgIpc) is 2.52. The molecule has 0 atom stereocenters. The molecule has 68 valence electrons. The number of hydrogen-bond acceptors (Lipinski definition) is 3. The molecule has 4 heteroatoms. The van der Waals surface area contributed by atoms with Crippen LogP contribution in [0.25, 0.3) is 0 Å². The molecule has 0 spiro atoms. The van der Waals surface area contributed by atoms with Gasteiger partial charge in [-0.25, -0.2) is 9.63 Å². The van der Waals surface area contributed by atoms with Crippen molar-refractivity contribution in [2.75, 3.05) is 11.9 Å². The highest BCUT2D eigenvalue weighted by Gasteiger charge is 2.25. The van der Waals surface area contributed by atoms with Crippen molar-refractivity contribution in [1.29, 1.82) is 0 Å². The second-order valence-electron chi connectivity index (χ2n) is 2.74. The van der Waals surface area contributed by atoms with Gasteiger partial charge in [0.25, 0.3) is 0 Å². The molecule has 1 heterocycles. The minimum atomic E-state index is -0.464. The number of hydrogen-bond donors (Lipinski definition) is 0. The monoisotopic (exact) mass is 179 g/mol. The van der Waals surface area contributed by atoms with Gasteiger partial charge in [-0.3, -0.25) is 0 Å². The fraction of sp³-hybridized carbons (Fsp3) is 0.222. The SMILES string of the molecule is Cc1ccccc1N1OCOC1=O. The summed E-state index contributed by atoms with van der Waals surface area (Å²) in [5.41, 5.74) is 1.70. The number of carbonyl (C=O) groups is 1. The van der Waals surface area contributed by atoms with Crippen LogP contribution in [0.1, 0.15) is 5.56 Å². The molecule has 4 nitrogen and oxygen atoms in total. The second-order valence-corrected chi connectivity index (χ2v) is 2.74. The van der Waals surface area contributed by atoms with Crippen molar-refractivity contribution >= 4 is 11.8 Å². The Bertz CT molecular complexity index is 337. The molecule has 0 saturated carbocycles. The van der Waals surface area contributed by atoms with Crippen LogP contribution in [0, 0.1) is 6.92 Å². The molecule has 0 aromatic heterocycles. The van der Waals surface area contributed by atoms with E-state index in [9.17, 15) is 4.79 Å². The van der Waals surface area contributed by atoms with Gasteiger partial charge in [0.15, 0.2) is 0 Å². The van der Waals surface area contributed by atoms with Crippen LogP contribution in [0.4, 0.5) is 10.5 Å². The first-order valence-electron chi connectivity index (χ1n) is 3.94. The zero-order chi connectivity index (χ0) is 9.26. The number of cyclic esters (lactones) is 1. The van der Waals surface area contributed by atoms with Crippen molar-refractivity contribution in [1.82, 2.24) is 0 Å². The molecular weight excluding hydrogens is 170 g/mol. The summed E-state index contributed by atoms with van der Waals surface area (Å²) in [5.74, 6) is 0. The fourth-order valence-corrected chi connectivity index (χ4v) is 1.20. The zero-order valence-corrected chi connectivity index (χ0v) is 7.19. The Morgan fingerprint density at radius 3 is 2.77 bits per heavy atom. The van der Waals surface area contributed by atoms with Gasteiger partial charge in [0, 0.05) is 0 Å². The average molecular weight is 179 g/mol. The van der Waals surface area contributed by atoms with Gasteiger partial charge in [-0.05, 0) is 18.6 Å². The molecule has 13 heavy (non-hydrogen) atoms. The van der Waals surface area contributed by atoms with Gasteiger partial charge >= 0.3 is 6.09 Å². The number of rotatable bonds is 1. The summed E-state index contributed by atoms with van der Waals surface area (Å²) in [6.07, 6.45) is -0.464. The van der Waals surface area contributed by atoms with Crippen molar-refractivity contribution in [3.05, 3.63) is 29.8 Å². The normalized spacial score (nSPS) is 16.1. The van der Waals surface area contributed by atoms with Crippen molar-refractivity contribution in [2.45, 2.75) is 6.92 Å². The standard InChI is InChI=1S/C9H9NO3/c1-7-4-2-3-5-8(7)10-9(11)12-6-13-10/h2-5H,6H2,1H3. The Balaban J connectivity index is 2.34. The molecule has 1 aromatic carbocycles. The topological polar surface area (TPSA) is 38.8 Å². The molecule has 0 radical (unpaired) electrons. The Labute approximate surface area is 75.6 Å². The van der Waals surface area contributed by atoms with E-state index in [-0.39, 0.29) is 6.79 Å². The maximum atomic E-state index is 11.1. The van der Waals surface area contributed by atoms with E-state index in [0.717, 1.165) is 16.3 Å². The van der Waals surface area contributed by atoms with Crippen LogP contribution < -0.4 is 5.06 Å². The summed E-state index contributed by atoms with van der Waals surface area (Å²) >= 11 is 0. The van der Waals surface area contributed by atoms with Crippen molar-refractivity contribution < 1.29 is 14.4 Å². The molecule has 1 aliphatic heterocycles. The lowest BCUT2D eigenvalue weighted by Crippen LogP contribution is -2.22. The number of nitrogens with zero attached hydrogens (tertiary/aromatic N) is 1. The second kappa shape index (κ2) is 3.06. The van der Waals surface area contributed by atoms with E-state index >= 15 is 0 Å². The van der Waals surface area contributed by atoms with Crippen molar-refractivity contribution in [3.63, 3.8) is 0 Å². The molecule has 0 bridgehead atoms. The number of para-hydroxylation sites is 1. The first kappa shape index (κ1) is 8.07. The number of amides is 1. The van der Waals surface area contributed by atoms with E-state index in [0.29, 0.717) is 0 Å². The van der Waals surface area contributed by atoms with E-state index in [4.69, 9.17) is 4.84 Å². The lowest BCUT2D eigenvalue weighted by Gasteiger charge is -2.12. The number of anilines is 1. The highest BCUT2D eigenvalue weighted by Crippen LogP contribution is 2.22. The molecule has 1 amide bonds. The smallest absolute Gasteiger partial charge is 0.418 e. The number of ether oxygens (including phenoxy) is 1. The first-order valence-corrected chi connectivity index (χ1v) is 3.94. The first-order chi connectivity index (χ1) is 6.29. The zero-order valence-electron chi connectivity index (χ0n) is 7.19. The maximum Gasteiger partial charge on any atom is 0.441 e. The van der Waals surface area contributed by atoms with Gasteiger partial charge in [0.1, 0.15) is 0 Å². The molecule has 0 N–H and O–H groups in total. The van der Waals surface area contributed by atoms with Crippen LogP contribution in [0.15, 0.2) is 24.3 Å². The van der Waals surface area contributed by atoms with Gasteiger partial charge in [-0.2, -0.15) is 0 Å². The Morgan fingerprint density at radius 2 is 2.15 bits per heavy atom. The third-order valence-corrected chi connectivity index (χ3v) is 1.86. The van der Waals surface area contributed by atoms with Crippen LogP contribution in [-0.4, -0.2) is 12.9 Å². The van der Waals surface area contributed by atoms with E-state index in [2.05, 4.69) is 4.74 Å². The van der Waals surface area contributed by atoms with Gasteiger partial charge in [0.2, 0.25) is 6.79 Å². The minimum absolute atomic E-state index is 0.00678. The molecule has 1 aliphatic rings. The van der Waals surface area contributed by atoms with Crippen LogP contribution in [0.2, 0.25) is 0 Å². The number of hydroxylamine groups is 1. The van der Waals surface area contributed by atoms with Gasteiger partial charge in [-0.15, -0.1) is 5.06 Å². The summed E-state index contributed by atoms with van der Waals surface area (Å²) < 4.78 is 4.64. The predicted molar refractivity (Wildman–Crippen MR) is 46.1 cm³/mol. The van der Waals surface area contributed by atoms with Gasteiger partial charge < -0.3 is 4.74 Å². The molecule has 0 aliphatic carbocycles. The summed E-state index contributed by atoms with van der Waals surface area (Å²) in [6, 6.07) is 7.46. The van der Waals surface area contributed by atoms with Gasteiger partial charge in [-0.1, -0.05) is 18.2 Å². The Morgan fingerprint density at radius 1 is 1.38 bits per heavy atom. The summed E-state index contributed by atoms with van der Waals surface area (Å²) in [6.45, 7) is 1.90. The van der Waals surface area contributed by atoms with Gasteiger partial charge in [0.05, 0.1) is 5.69 Å². The van der Waals surface area contributed by atoms with Crippen molar-refractivity contribution in [3.8, 4) is 0 Å². The Hall–Kier alpha value is -1.55. The summed E-state index contributed by atoms with van der Waals surface area (Å²) in [5, 5.41) is 1.16. The van der Waals surface area contributed by atoms with E-state index < -0.39 is 6.09 Å². The molecular formula is C9H9NO3. The Kier molecular flexibility index (Phi) is 1.90. The highest BCUT2D eigenvalue weighted by atomic mass is 16.9.